The smallest absolute Gasteiger partial charge is 0.226 e. The molecule has 1 fully saturated rings. The number of amides is 1. The summed E-state index contributed by atoms with van der Waals surface area (Å²) in [4.78, 5) is 13.7. The van der Waals surface area contributed by atoms with E-state index in [4.69, 9.17) is 9.47 Å². The third-order valence-electron chi connectivity index (χ3n) is 3.03. The van der Waals surface area contributed by atoms with Crippen LogP contribution in [0.1, 0.15) is 12.0 Å². The van der Waals surface area contributed by atoms with Crippen LogP contribution in [0.3, 0.4) is 0 Å². The molecule has 0 N–H and O–H groups in total. The van der Waals surface area contributed by atoms with Crippen LogP contribution in [0.4, 0.5) is 0 Å². The highest BCUT2D eigenvalue weighted by Gasteiger charge is 2.16. The number of aryl methyl sites for hydroxylation is 1. The molecule has 0 atom stereocenters. The molecule has 0 radical (unpaired) electrons. The summed E-state index contributed by atoms with van der Waals surface area (Å²) in [6.45, 7) is 5.11. The second kappa shape index (κ2) is 6.40. The lowest BCUT2D eigenvalue weighted by Crippen LogP contribution is -2.41. The second-order valence-corrected chi connectivity index (χ2v) is 4.36. The van der Waals surface area contributed by atoms with Crippen LogP contribution in [-0.4, -0.2) is 43.7 Å². The average molecular weight is 249 g/mol. The van der Waals surface area contributed by atoms with Crippen molar-refractivity contribution in [2.45, 2.75) is 13.3 Å². The van der Waals surface area contributed by atoms with Gasteiger partial charge in [0, 0.05) is 13.1 Å². The average Bonchev–Trinajstić information content (AvgIpc) is 2.42. The van der Waals surface area contributed by atoms with Crippen molar-refractivity contribution in [2.75, 3.05) is 32.9 Å². The minimum absolute atomic E-state index is 0.145. The highest BCUT2D eigenvalue weighted by atomic mass is 16.5. The van der Waals surface area contributed by atoms with Crippen molar-refractivity contribution in [3.8, 4) is 5.75 Å². The Balaban J connectivity index is 1.75. The predicted molar refractivity (Wildman–Crippen MR) is 68.7 cm³/mol. The SMILES string of the molecule is Cc1ccccc1OCCC(=O)N1CCOCC1. The molecule has 1 amide bonds. The minimum atomic E-state index is 0.145. The van der Waals surface area contributed by atoms with Gasteiger partial charge in [-0.1, -0.05) is 18.2 Å². The van der Waals surface area contributed by atoms with Crippen molar-refractivity contribution >= 4 is 5.91 Å². The highest BCUT2D eigenvalue weighted by molar-refractivity contribution is 5.76. The fraction of sp³-hybridized carbons (Fsp3) is 0.500. The fourth-order valence-electron chi connectivity index (χ4n) is 1.94. The number of ether oxygens (including phenoxy) is 2. The van der Waals surface area contributed by atoms with E-state index in [0.717, 1.165) is 11.3 Å². The molecule has 98 valence electrons. The molecule has 0 bridgehead atoms. The van der Waals surface area contributed by atoms with Crippen molar-refractivity contribution in [1.29, 1.82) is 0 Å². The summed E-state index contributed by atoms with van der Waals surface area (Å²) in [7, 11) is 0. The maximum Gasteiger partial charge on any atom is 0.226 e. The lowest BCUT2D eigenvalue weighted by Gasteiger charge is -2.26. The molecule has 1 aliphatic heterocycles. The van der Waals surface area contributed by atoms with Crippen LogP contribution in [0.5, 0.6) is 5.75 Å². The standard InChI is InChI=1S/C14H19NO3/c1-12-4-2-3-5-13(12)18-9-6-14(16)15-7-10-17-11-8-15/h2-5H,6-11H2,1H3. The first-order valence-electron chi connectivity index (χ1n) is 6.31. The van der Waals surface area contributed by atoms with Gasteiger partial charge in [0.1, 0.15) is 5.75 Å². The number of hydrogen-bond acceptors (Lipinski definition) is 3. The Morgan fingerprint density at radius 1 is 1.33 bits per heavy atom. The Bertz CT molecular complexity index is 400. The first-order chi connectivity index (χ1) is 8.77. The van der Waals surface area contributed by atoms with Crippen molar-refractivity contribution in [3.05, 3.63) is 29.8 Å². The van der Waals surface area contributed by atoms with Gasteiger partial charge in [-0.3, -0.25) is 4.79 Å². The highest BCUT2D eigenvalue weighted by Crippen LogP contribution is 2.16. The molecular formula is C14H19NO3. The Hall–Kier alpha value is -1.55. The van der Waals surface area contributed by atoms with Gasteiger partial charge >= 0.3 is 0 Å². The summed E-state index contributed by atoms with van der Waals surface area (Å²) in [5.41, 5.74) is 1.09. The number of carbonyl (C=O) groups excluding carboxylic acids is 1. The Kier molecular flexibility index (Phi) is 4.59. The van der Waals surface area contributed by atoms with E-state index in [2.05, 4.69) is 0 Å². The maximum absolute atomic E-state index is 11.9. The summed E-state index contributed by atoms with van der Waals surface area (Å²) in [6.07, 6.45) is 0.425. The van der Waals surface area contributed by atoms with E-state index in [-0.39, 0.29) is 5.91 Å². The first-order valence-corrected chi connectivity index (χ1v) is 6.31. The predicted octanol–water partition coefficient (Wildman–Crippen LogP) is 1.62. The fourth-order valence-corrected chi connectivity index (χ4v) is 1.94. The number of nitrogens with zero attached hydrogens (tertiary/aromatic N) is 1. The zero-order valence-corrected chi connectivity index (χ0v) is 10.7. The summed E-state index contributed by atoms with van der Waals surface area (Å²) < 4.78 is 10.8. The quantitative estimate of drug-likeness (QED) is 0.814. The van der Waals surface area contributed by atoms with E-state index in [1.165, 1.54) is 0 Å². The summed E-state index contributed by atoms with van der Waals surface area (Å²) >= 11 is 0. The van der Waals surface area contributed by atoms with E-state index in [1.54, 1.807) is 0 Å². The lowest BCUT2D eigenvalue weighted by atomic mass is 10.2. The van der Waals surface area contributed by atoms with Crippen LogP contribution < -0.4 is 4.74 Å². The number of carbonyl (C=O) groups is 1. The topological polar surface area (TPSA) is 38.8 Å². The number of para-hydroxylation sites is 1. The molecular weight excluding hydrogens is 230 g/mol. The molecule has 0 aliphatic carbocycles. The third-order valence-corrected chi connectivity index (χ3v) is 3.03. The van der Waals surface area contributed by atoms with Crippen LogP contribution in [-0.2, 0) is 9.53 Å². The summed E-state index contributed by atoms with van der Waals surface area (Å²) in [5.74, 6) is 0.999. The van der Waals surface area contributed by atoms with E-state index in [9.17, 15) is 4.79 Å². The molecule has 0 saturated carbocycles. The Morgan fingerprint density at radius 2 is 2.06 bits per heavy atom. The van der Waals surface area contributed by atoms with Crippen molar-refractivity contribution in [3.63, 3.8) is 0 Å². The zero-order valence-electron chi connectivity index (χ0n) is 10.7. The Morgan fingerprint density at radius 3 is 2.78 bits per heavy atom. The molecule has 0 unspecified atom stereocenters. The molecule has 1 aliphatic rings. The van der Waals surface area contributed by atoms with E-state index >= 15 is 0 Å². The van der Waals surface area contributed by atoms with Gasteiger partial charge < -0.3 is 14.4 Å². The largest absolute Gasteiger partial charge is 0.493 e. The third kappa shape index (κ3) is 3.47. The lowest BCUT2D eigenvalue weighted by molar-refractivity contribution is -0.135. The van der Waals surface area contributed by atoms with Gasteiger partial charge in [0.2, 0.25) is 5.91 Å². The molecule has 1 aromatic rings. The first kappa shape index (κ1) is 12.9. The number of benzene rings is 1. The minimum Gasteiger partial charge on any atom is -0.493 e. The molecule has 4 nitrogen and oxygen atoms in total. The molecule has 18 heavy (non-hydrogen) atoms. The van der Waals surface area contributed by atoms with Gasteiger partial charge in [-0.2, -0.15) is 0 Å². The van der Waals surface area contributed by atoms with Crippen LogP contribution in [0, 0.1) is 6.92 Å². The van der Waals surface area contributed by atoms with Crippen molar-refractivity contribution in [1.82, 2.24) is 4.90 Å². The van der Waals surface area contributed by atoms with E-state index in [1.807, 2.05) is 36.1 Å². The zero-order chi connectivity index (χ0) is 12.8. The van der Waals surface area contributed by atoms with Gasteiger partial charge in [-0.05, 0) is 18.6 Å². The van der Waals surface area contributed by atoms with Crippen molar-refractivity contribution in [2.24, 2.45) is 0 Å². The summed E-state index contributed by atoms with van der Waals surface area (Å²) in [6, 6.07) is 7.83. The normalized spacial score (nSPS) is 15.5. The second-order valence-electron chi connectivity index (χ2n) is 4.36. The Labute approximate surface area is 107 Å². The molecule has 4 heteroatoms. The molecule has 1 saturated heterocycles. The van der Waals surface area contributed by atoms with Gasteiger partial charge in [-0.25, -0.2) is 0 Å². The number of rotatable bonds is 4. The molecule has 0 aromatic heterocycles. The number of hydrogen-bond donors (Lipinski definition) is 0. The van der Waals surface area contributed by atoms with Gasteiger partial charge in [0.15, 0.2) is 0 Å². The molecule has 1 heterocycles. The van der Waals surface area contributed by atoms with Crippen LogP contribution >= 0.6 is 0 Å². The molecule has 0 spiro atoms. The number of morpholine rings is 1. The van der Waals surface area contributed by atoms with Gasteiger partial charge in [-0.15, -0.1) is 0 Å². The van der Waals surface area contributed by atoms with E-state index in [0.29, 0.717) is 39.3 Å². The van der Waals surface area contributed by atoms with Crippen LogP contribution in [0.2, 0.25) is 0 Å². The van der Waals surface area contributed by atoms with Gasteiger partial charge in [0.05, 0.1) is 26.2 Å². The summed E-state index contributed by atoms with van der Waals surface area (Å²) in [5, 5.41) is 0. The molecule has 1 aromatic carbocycles. The maximum atomic E-state index is 11.9. The van der Waals surface area contributed by atoms with Gasteiger partial charge in [0.25, 0.3) is 0 Å². The van der Waals surface area contributed by atoms with Crippen LogP contribution in [0.25, 0.3) is 0 Å². The van der Waals surface area contributed by atoms with E-state index < -0.39 is 0 Å². The van der Waals surface area contributed by atoms with Crippen molar-refractivity contribution < 1.29 is 14.3 Å². The molecule has 2 rings (SSSR count). The van der Waals surface area contributed by atoms with Crippen LogP contribution in [0.15, 0.2) is 24.3 Å². The monoisotopic (exact) mass is 249 g/mol.